The standard InChI is InChI=1S/C33H38N10O4/c1-3-23-27(40-11-13-41(14-12-40)31(47)26-28(45)20(2)35-19-36-26)29(46)25-30(39-43(38-25)22-7-9-34-10-8-22)42(23)15-24(44)37-33-16-32(17-33,18-33)21-5-4-6-21/h7-10,19,21,45H,3-6,11-18H2,1-2H3,(H,37,44). The Labute approximate surface area is 270 Å². The molecule has 5 aliphatic rings. The highest BCUT2D eigenvalue weighted by Crippen LogP contribution is 2.73. The maximum Gasteiger partial charge on any atom is 0.276 e. The Morgan fingerprint density at radius 1 is 1.04 bits per heavy atom. The van der Waals surface area contributed by atoms with Gasteiger partial charge in [-0.25, -0.2) is 9.97 Å². The van der Waals surface area contributed by atoms with Crippen molar-refractivity contribution in [3.63, 3.8) is 0 Å². The maximum atomic E-state index is 14.2. The quantitative estimate of drug-likeness (QED) is 0.292. The third kappa shape index (κ3) is 4.67. The number of carbonyl (C=O) groups excluding carboxylic acids is 2. The average molecular weight is 639 g/mol. The second-order valence-electron chi connectivity index (χ2n) is 13.7. The van der Waals surface area contributed by atoms with E-state index in [2.05, 4.69) is 25.4 Å². The summed E-state index contributed by atoms with van der Waals surface area (Å²) in [6, 6.07) is 3.52. The molecule has 2 bridgehead atoms. The summed E-state index contributed by atoms with van der Waals surface area (Å²) in [7, 11) is 0. The minimum Gasteiger partial charge on any atom is -0.504 e. The smallest absolute Gasteiger partial charge is 0.276 e. The van der Waals surface area contributed by atoms with Crippen molar-refractivity contribution >= 4 is 28.7 Å². The van der Waals surface area contributed by atoms with E-state index in [1.165, 1.54) is 30.4 Å². The van der Waals surface area contributed by atoms with Crippen molar-refractivity contribution < 1.29 is 14.7 Å². The molecule has 2 N–H and O–H groups in total. The van der Waals surface area contributed by atoms with Gasteiger partial charge < -0.3 is 24.8 Å². The number of carbonyl (C=O) groups is 2. The van der Waals surface area contributed by atoms with Crippen LogP contribution in [0.15, 0.2) is 35.6 Å². The Bertz CT molecular complexity index is 1940. The van der Waals surface area contributed by atoms with Crippen molar-refractivity contribution in [1.29, 1.82) is 0 Å². The van der Waals surface area contributed by atoms with Crippen molar-refractivity contribution in [3.8, 4) is 11.4 Å². The van der Waals surface area contributed by atoms with Gasteiger partial charge in [0.05, 0.1) is 11.4 Å². The lowest BCUT2D eigenvalue weighted by Gasteiger charge is -2.74. The molecule has 14 nitrogen and oxygen atoms in total. The number of fused-ring (bicyclic) bond motifs is 1. The normalized spacial score (nSPS) is 23.6. The van der Waals surface area contributed by atoms with Gasteiger partial charge in [0.25, 0.3) is 5.91 Å². The number of hydrogen-bond donors (Lipinski definition) is 2. The largest absolute Gasteiger partial charge is 0.504 e. The van der Waals surface area contributed by atoms with Crippen molar-refractivity contribution in [2.24, 2.45) is 11.3 Å². The number of nitrogens with zero attached hydrogens (tertiary/aromatic N) is 9. The van der Waals surface area contributed by atoms with E-state index in [4.69, 9.17) is 5.10 Å². The van der Waals surface area contributed by atoms with Gasteiger partial charge in [0.15, 0.2) is 22.6 Å². The summed E-state index contributed by atoms with van der Waals surface area (Å²) in [5.41, 5.74) is 2.73. The number of piperazine rings is 1. The number of amides is 2. The van der Waals surface area contributed by atoms with E-state index in [0.717, 1.165) is 25.2 Å². The highest BCUT2D eigenvalue weighted by atomic mass is 16.3. The molecule has 2 amide bonds. The first-order valence-electron chi connectivity index (χ1n) is 16.5. The van der Waals surface area contributed by atoms with Gasteiger partial charge in [-0.05, 0) is 68.9 Å². The van der Waals surface area contributed by atoms with Gasteiger partial charge in [-0.1, -0.05) is 13.3 Å². The zero-order valence-electron chi connectivity index (χ0n) is 26.6. The van der Waals surface area contributed by atoms with Gasteiger partial charge in [-0.3, -0.25) is 19.4 Å². The van der Waals surface area contributed by atoms with E-state index in [9.17, 15) is 19.5 Å². The van der Waals surface area contributed by atoms with Crippen LogP contribution in [0.3, 0.4) is 0 Å². The van der Waals surface area contributed by atoms with Gasteiger partial charge in [0.2, 0.25) is 11.3 Å². The molecule has 4 aromatic heterocycles. The molecule has 5 fully saturated rings. The van der Waals surface area contributed by atoms with Crippen LogP contribution in [0.1, 0.15) is 67.3 Å². The Hall–Kier alpha value is -4.88. The summed E-state index contributed by atoms with van der Waals surface area (Å²) in [6.45, 7) is 4.99. The topological polar surface area (TPSA) is 164 Å². The van der Waals surface area contributed by atoms with Gasteiger partial charge in [-0.2, -0.15) is 0 Å². The number of aryl methyl sites for hydroxylation is 1. The first-order valence-corrected chi connectivity index (χ1v) is 16.5. The van der Waals surface area contributed by atoms with E-state index < -0.39 is 0 Å². The molecular formula is C33H38N10O4. The molecule has 47 heavy (non-hydrogen) atoms. The number of hydrogen-bond acceptors (Lipinski definition) is 10. The second-order valence-corrected chi connectivity index (χ2v) is 13.7. The van der Waals surface area contributed by atoms with Crippen LogP contribution in [0.5, 0.6) is 5.75 Å². The lowest BCUT2D eigenvalue weighted by molar-refractivity contribution is -0.208. The highest BCUT2D eigenvalue weighted by Gasteiger charge is 2.71. The molecule has 0 radical (unpaired) electrons. The number of pyridine rings is 2. The molecule has 1 aliphatic heterocycles. The molecule has 4 saturated carbocycles. The summed E-state index contributed by atoms with van der Waals surface area (Å²) >= 11 is 0. The fourth-order valence-electron chi connectivity index (χ4n) is 8.41. The Morgan fingerprint density at radius 3 is 2.43 bits per heavy atom. The molecule has 14 heteroatoms. The summed E-state index contributed by atoms with van der Waals surface area (Å²) in [6.07, 6.45) is 12.2. The zero-order chi connectivity index (χ0) is 32.5. The molecule has 0 aromatic carbocycles. The predicted octanol–water partition coefficient (Wildman–Crippen LogP) is 2.15. The Morgan fingerprint density at radius 2 is 1.77 bits per heavy atom. The van der Waals surface area contributed by atoms with Crippen molar-refractivity contribution in [1.82, 2.24) is 44.7 Å². The third-order valence-corrected chi connectivity index (χ3v) is 10.9. The number of aromatic nitrogens is 7. The van der Waals surface area contributed by atoms with Crippen LogP contribution in [0.25, 0.3) is 16.9 Å². The molecule has 1 saturated heterocycles. The summed E-state index contributed by atoms with van der Waals surface area (Å²) in [5.74, 6) is 0.116. The fourth-order valence-corrected chi connectivity index (χ4v) is 8.41. The number of anilines is 1. The Balaban J connectivity index is 1.10. The number of rotatable bonds is 8. The summed E-state index contributed by atoms with van der Waals surface area (Å²) < 4.78 is 1.85. The molecule has 4 aliphatic carbocycles. The lowest BCUT2D eigenvalue weighted by Crippen LogP contribution is -2.77. The molecule has 9 rings (SSSR count). The molecule has 0 atom stereocenters. The van der Waals surface area contributed by atoms with Crippen molar-refractivity contribution in [3.05, 3.63) is 58.2 Å². The first-order chi connectivity index (χ1) is 22.7. The zero-order valence-corrected chi connectivity index (χ0v) is 26.6. The first kappa shape index (κ1) is 29.5. The summed E-state index contributed by atoms with van der Waals surface area (Å²) in [4.78, 5) is 58.2. The lowest BCUT2D eigenvalue weighted by atomic mass is 9.33. The van der Waals surface area contributed by atoms with Gasteiger partial charge in [-0.15, -0.1) is 15.0 Å². The van der Waals surface area contributed by atoms with Crippen LogP contribution >= 0.6 is 0 Å². The maximum absolute atomic E-state index is 14.2. The van der Waals surface area contributed by atoms with Crippen molar-refractivity contribution in [2.75, 3.05) is 31.1 Å². The van der Waals surface area contributed by atoms with Crippen LogP contribution in [-0.2, 0) is 17.8 Å². The minimum absolute atomic E-state index is 0.0188. The van der Waals surface area contributed by atoms with Crippen LogP contribution in [0.4, 0.5) is 5.69 Å². The van der Waals surface area contributed by atoms with Gasteiger partial charge in [0, 0.05) is 49.8 Å². The van der Waals surface area contributed by atoms with Gasteiger partial charge in [0.1, 0.15) is 18.6 Å². The van der Waals surface area contributed by atoms with Crippen LogP contribution in [-0.4, -0.2) is 88.1 Å². The Kier molecular flexibility index (Phi) is 6.81. The van der Waals surface area contributed by atoms with E-state index in [-0.39, 0.29) is 46.3 Å². The fraction of sp³-hybridized carbons (Fsp3) is 0.515. The van der Waals surface area contributed by atoms with Gasteiger partial charge >= 0.3 is 0 Å². The number of aromatic hydroxyl groups is 1. The van der Waals surface area contributed by atoms with Crippen LogP contribution < -0.4 is 15.6 Å². The third-order valence-electron chi connectivity index (χ3n) is 10.9. The van der Waals surface area contributed by atoms with E-state index in [1.807, 2.05) is 16.4 Å². The number of nitrogens with one attached hydrogen (secondary N) is 1. The SMILES string of the molecule is CCc1c(N2CCN(C(=O)c3ncnc(C)c3O)CC2)c(=O)c2nn(-c3ccncc3)nc2n1CC(=O)NC12CC(C3CCC3)(C1)C2. The predicted molar refractivity (Wildman–Crippen MR) is 171 cm³/mol. The molecule has 4 aromatic rings. The molecule has 5 heterocycles. The molecule has 0 unspecified atom stereocenters. The molecule has 244 valence electrons. The monoisotopic (exact) mass is 638 g/mol. The molecular weight excluding hydrogens is 600 g/mol. The van der Waals surface area contributed by atoms with Crippen LogP contribution in [0, 0.1) is 18.3 Å². The van der Waals surface area contributed by atoms with Crippen molar-refractivity contribution in [2.45, 2.75) is 70.9 Å². The van der Waals surface area contributed by atoms with E-state index in [0.29, 0.717) is 66.4 Å². The second kappa shape index (κ2) is 10.8. The minimum atomic E-state index is -0.388. The van der Waals surface area contributed by atoms with E-state index >= 15 is 0 Å². The average Bonchev–Trinajstić information content (AvgIpc) is 3.47. The van der Waals surface area contributed by atoms with Crippen LogP contribution in [0.2, 0.25) is 0 Å². The summed E-state index contributed by atoms with van der Waals surface area (Å²) in [5, 5.41) is 23.1. The van der Waals surface area contributed by atoms with E-state index in [1.54, 1.807) is 36.4 Å². The molecule has 0 spiro atoms. The highest BCUT2D eigenvalue weighted by molar-refractivity contribution is 5.95.